The number of hydrogen-bond acceptors (Lipinski definition) is 4. The van der Waals surface area contributed by atoms with Crippen molar-refractivity contribution in [1.82, 2.24) is 5.32 Å². The average molecular weight is 341 g/mol. The van der Waals surface area contributed by atoms with Crippen LogP contribution in [0.4, 0.5) is 14.9 Å². The smallest absolute Gasteiger partial charge is 0.319 e. The third kappa shape index (κ3) is 4.18. The molecule has 2 amide bonds. The molecule has 0 saturated heterocycles. The summed E-state index contributed by atoms with van der Waals surface area (Å²) in [4.78, 5) is 12.0. The molecule has 6 nitrogen and oxygen atoms in total. The van der Waals surface area contributed by atoms with Crippen LogP contribution in [0.2, 0.25) is 0 Å². The van der Waals surface area contributed by atoms with E-state index < -0.39 is 11.8 Å². The van der Waals surface area contributed by atoms with Crippen molar-refractivity contribution < 1.29 is 18.7 Å². The first-order valence-corrected chi connectivity index (χ1v) is 7.79. The van der Waals surface area contributed by atoms with Crippen LogP contribution in [0.3, 0.4) is 0 Å². The Morgan fingerprint density at radius 3 is 2.72 bits per heavy atom. The van der Waals surface area contributed by atoms with E-state index >= 15 is 0 Å². The number of fused-ring (bicyclic) bond motifs is 1. The number of nitrogens with zero attached hydrogens (tertiary/aromatic N) is 1. The van der Waals surface area contributed by atoms with E-state index in [-0.39, 0.29) is 12.1 Å². The fraction of sp³-hybridized carbons (Fsp3) is 0.222. The first-order chi connectivity index (χ1) is 12.2. The van der Waals surface area contributed by atoms with Crippen molar-refractivity contribution in [2.45, 2.75) is 13.0 Å². The highest BCUT2D eigenvalue weighted by atomic mass is 19.1. The molecular formula is C18H16FN3O3. The zero-order chi connectivity index (χ0) is 17.6. The molecule has 25 heavy (non-hydrogen) atoms. The van der Waals surface area contributed by atoms with Gasteiger partial charge in [0.15, 0.2) is 11.5 Å². The summed E-state index contributed by atoms with van der Waals surface area (Å²) in [6, 6.07) is 10.6. The maximum atomic E-state index is 13.8. The predicted octanol–water partition coefficient (Wildman–Crippen LogP) is 3.18. The van der Waals surface area contributed by atoms with E-state index in [0.29, 0.717) is 36.0 Å². The monoisotopic (exact) mass is 341 g/mol. The Balaban J connectivity index is 1.59. The van der Waals surface area contributed by atoms with Crippen LogP contribution in [-0.2, 0) is 6.54 Å². The molecule has 0 aliphatic carbocycles. The summed E-state index contributed by atoms with van der Waals surface area (Å²) in [6.45, 7) is 1.16. The number of urea groups is 1. The predicted molar refractivity (Wildman–Crippen MR) is 89.0 cm³/mol. The zero-order valence-corrected chi connectivity index (χ0v) is 13.3. The number of carbonyl (C=O) groups is 1. The molecule has 7 heteroatoms. The lowest BCUT2D eigenvalue weighted by Crippen LogP contribution is -2.28. The molecule has 1 heterocycles. The van der Waals surface area contributed by atoms with Gasteiger partial charge < -0.3 is 20.1 Å². The van der Waals surface area contributed by atoms with E-state index in [1.165, 1.54) is 12.1 Å². The minimum absolute atomic E-state index is 0.00786. The summed E-state index contributed by atoms with van der Waals surface area (Å²) in [5, 5.41) is 14.0. The van der Waals surface area contributed by atoms with Gasteiger partial charge >= 0.3 is 6.03 Å². The number of benzene rings is 2. The Hall–Kier alpha value is -3.27. The van der Waals surface area contributed by atoms with Crippen LogP contribution in [0.15, 0.2) is 36.4 Å². The van der Waals surface area contributed by atoms with E-state index in [1.807, 2.05) is 6.07 Å². The Bertz CT molecular complexity index is 833. The highest BCUT2D eigenvalue weighted by Crippen LogP contribution is 2.32. The number of anilines is 1. The Labute approximate surface area is 144 Å². The molecule has 0 fully saturated rings. The Morgan fingerprint density at radius 2 is 1.96 bits per heavy atom. The maximum Gasteiger partial charge on any atom is 0.319 e. The lowest BCUT2D eigenvalue weighted by molar-refractivity contribution is 0.251. The average Bonchev–Trinajstić information content (AvgIpc) is 2.85. The third-order valence-electron chi connectivity index (χ3n) is 3.63. The van der Waals surface area contributed by atoms with E-state index in [2.05, 4.69) is 10.6 Å². The molecule has 1 aliphatic heterocycles. The quantitative estimate of drug-likeness (QED) is 0.898. The van der Waals surface area contributed by atoms with E-state index in [1.54, 1.807) is 18.2 Å². The summed E-state index contributed by atoms with van der Waals surface area (Å²) in [5.74, 6) is 0.687. The van der Waals surface area contributed by atoms with Crippen LogP contribution in [0.5, 0.6) is 11.5 Å². The van der Waals surface area contributed by atoms with Crippen LogP contribution in [0.25, 0.3) is 0 Å². The van der Waals surface area contributed by atoms with Crippen molar-refractivity contribution in [2.24, 2.45) is 0 Å². The molecule has 2 N–H and O–H groups in total. The molecular weight excluding hydrogens is 325 g/mol. The number of rotatable bonds is 3. The van der Waals surface area contributed by atoms with Crippen LogP contribution < -0.4 is 20.1 Å². The van der Waals surface area contributed by atoms with E-state index in [9.17, 15) is 9.18 Å². The highest BCUT2D eigenvalue weighted by molar-refractivity contribution is 5.89. The van der Waals surface area contributed by atoms with Crippen molar-refractivity contribution >= 4 is 11.7 Å². The van der Waals surface area contributed by atoms with Crippen LogP contribution in [0.1, 0.15) is 17.5 Å². The Kier molecular flexibility index (Phi) is 5.00. The van der Waals surface area contributed by atoms with Gasteiger partial charge in [-0.1, -0.05) is 6.07 Å². The van der Waals surface area contributed by atoms with Gasteiger partial charge in [0, 0.05) is 30.3 Å². The highest BCUT2D eigenvalue weighted by Gasteiger charge is 2.12. The van der Waals surface area contributed by atoms with E-state index in [4.69, 9.17) is 14.7 Å². The number of amides is 2. The maximum absolute atomic E-state index is 13.8. The largest absolute Gasteiger partial charge is 0.490 e. The summed E-state index contributed by atoms with van der Waals surface area (Å²) >= 11 is 0. The van der Waals surface area contributed by atoms with Gasteiger partial charge in [0.1, 0.15) is 5.82 Å². The second-order valence-corrected chi connectivity index (χ2v) is 5.44. The molecule has 0 radical (unpaired) electrons. The van der Waals surface area contributed by atoms with E-state index in [0.717, 1.165) is 12.5 Å². The number of ether oxygens (including phenoxy) is 2. The lowest BCUT2D eigenvalue weighted by atomic mass is 10.1. The van der Waals surface area contributed by atoms with Crippen LogP contribution in [0, 0.1) is 17.1 Å². The van der Waals surface area contributed by atoms with Gasteiger partial charge in [-0.25, -0.2) is 9.18 Å². The van der Waals surface area contributed by atoms with Gasteiger partial charge in [-0.3, -0.25) is 0 Å². The molecule has 3 rings (SSSR count). The molecule has 1 aliphatic rings. The second-order valence-electron chi connectivity index (χ2n) is 5.44. The van der Waals surface area contributed by atoms with Gasteiger partial charge in [0.25, 0.3) is 0 Å². The molecule has 0 atom stereocenters. The molecule has 0 unspecified atom stereocenters. The first-order valence-electron chi connectivity index (χ1n) is 7.79. The number of halogens is 1. The van der Waals surface area contributed by atoms with Crippen molar-refractivity contribution in [3.05, 3.63) is 53.3 Å². The molecule has 128 valence electrons. The minimum Gasteiger partial charge on any atom is -0.490 e. The first kappa shape index (κ1) is 16.6. The van der Waals surface area contributed by atoms with Crippen molar-refractivity contribution in [2.75, 3.05) is 18.5 Å². The number of nitrogens with one attached hydrogen (secondary N) is 2. The van der Waals surface area contributed by atoms with Gasteiger partial charge in [-0.15, -0.1) is 0 Å². The van der Waals surface area contributed by atoms with Gasteiger partial charge in [0.05, 0.1) is 24.8 Å². The molecule has 2 aromatic rings. The summed E-state index contributed by atoms with van der Waals surface area (Å²) in [6.07, 6.45) is 0.800. The zero-order valence-electron chi connectivity index (χ0n) is 13.3. The normalized spacial score (nSPS) is 12.6. The van der Waals surface area contributed by atoms with Gasteiger partial charge in [-0.2, -0.15) is 5.26 Å². The Morgan fingerprint density at radius 1 is 1.16 bits per heavy atom. The van der Waals surface area contributed by atoms with Gasteiger partial charge in [-0.05, 0) is 24.3 Å². The van der Waals surface area contributed by atoms with Crippen molar-refractivity contribution in [3.63, 3.8) is 0 Å². The summed E-state index contributed by atoms with van der Waals surface area (Å²) < 4.78 is 24.9. The van der Waals surface area contributed by atoms with Crippen molar-refractivity contribution in [1.29, 1.82) is 5.26 Å². The SMILES string of the molecule is N#Cc1ccc(CNC(=O)Nc2ccc3c(c2)OCCCO3)c(F)c1. The standard InChI is InChI=1S/C18H16FN3O3/c19-15-8-12(10-20)2-3-13(15)11-21-18(23)22-14-4-5-16-17(9-14)25-7-1-6-24-16/h2-5,8-9H,1,6-7,11H2,(H2,21,22,23). The van der Waals surface area contributed by atoms with Crippen LogP contribution >= 0.6 is 0 Å². The minimum atomic E-state index is -0.532. The molecule has 2 aromatic carbocycles. The van der Waals surface area contributed by atoms with Gasteiger partial charge in [0.2, 0.25) is 0 Å². The number of carbonyl (C=O) groups excluding carboxylic acids is 1. The fourth-order valence-electron chi connectivity index (χ4n) is 2.35. The van der Waals surface area contributed by atoms with Crippen molar-refractivity contribution in [3.8, 4) is 17.6 Å². The molecule has 0 saturated carbocycles. The lowest BCUT2D eigenvalue weighted by Gasteiger charge is -2.11. The summed E-state index contributed by atoms with van der Waals surface area (Å²) in [7, 11) is 0. The second kappa shape index (κ2) is 7.53. The topological polar surface area (TPSA) is 83.4 Å². The molecule has 0 spiro atoms. The molecule has 0 bridgehead atoms. The fourth-order valence-corrected chi connectivity index (χ4v) is 2.35. The number of nitriles is 1. The summed E-state index contributed by atoms with van der Waals surface area (Å²) in [5.41, 5.74) is 1.08. The molecule has 0 aromatic heterocycles. The number of hydrogen-bond donors (Lipinski definition) is 2. The van der Waals surface area contributed by atoms with Crippen LogP contribution in [-0.4, -0.2) is 19.2 Å². The third-order valence-corrected chi connectivity index (χ3v) is 3.63.